The van der Waals surface area contributed by atoms with Crippen molar-refractivity contribution in [3.8, 4) is 11.9 Å². The van der Waals surface area contributed by atoms with Crippen LogP contribution in [0.3, 0.4) is 0 Å². The second-order valence-corrected chi connectivity index (χ2v) is 5.17. The average Bonchev–Trinajstić information content (AvgIpc) is 3.05. The SMILES string of the molecule is CCCc1[nH]nc2c1C(c1ccc(C)o1)C(C#N)C(=N)O2. The molecule has 2 unspecified atom stereocenters. The molecule has 1 aliphatic heterocycles. The van der Waals surface area contributed by atoms with Crippen LogP contribution in [0.2, 0.25) is 0 Å². The second kappa shape index (κ2) is 5.09. The van der Waals surface area contributed by atoms with Crippen LogP contribution < -0.4 is 4.74 Å². The van der Waals surface area contributed by atoms with Crippen molar-refractivity contribution in [3.63, 3.8) is 0 Å². The van der Waals surface area contributed by atoms with E-state index in [-0.39, 0.29) is 11.8 Å². The topological polar surface area (TPSA) is 98.7 Å². The maximum absolute atomic E-state index is 9.44. The van der Waals surface area contributed by atoms with E-state index in [1.807, 2.05) is 19.1 Å². The number of aromatic amines is 1. The van der Waals surface area contributed by atoms with Gasteiger partial charge in [0.25, 0.3) is 0 Å². The molecule has 2 N–H and O–H groups in total. The summed E-state index contributed by atoms with van der Waals surface area (Å²) < 4.78 is 11.1. The number of fused-ring (bicyclic) bond motifs is 1. The van der Waals surface area contributed by atoms with Crippen molar-refractivity contribution in [1.82, 2.24) is 10.2 Å². The van der Waals surface area contributed by atoms with E-state index >= 15 is 0 Å². The minimum atomic E-state index is -0.698. The molecule has 0 aliphatic carbocycles. The van der Waals surface area contributed by atoms with Gasteiger partial charge in [-0.05, 0) is 25.5 Å². The Morgan fingerprint density at radius 2 is 2.29 bits per heavy atom. The summed E-state index contributed by atoms with van der Waals surface area (Å²) in [5.74, 6) is 0.706. The lowest BCUT2D eigenvalue weighted by molar-refractivity contribution is 0.391. The number of H-pyrrole nitrogens is 1. The maximum atomic E-state index is 9.44. The van der Waals surface area contributed by atoms with E-state index < -0.39 is 5.92 Å². The Morgan fingerprint density at radius 1 is 1.48 bits per heavy atom. The van der Waals surface area contributed by atoms with E-state index in [2.05, 4.69) is 23.2 Å². The molecule has 0 fully saturated rings. The molecule has 3 heterocycles. The highest BCUT2D eigenvalue weighted by Gasteiger charge is 2.41. The number of ether oxygens (including phenoxy) is 1. The molecule has 3 rings (SSSR count). The molecule has 0 saturated carbocycles. The lowest BCUT2D eigenvalue weighted by Gasteiger charge is -2.26. The van der Waals surface area contributed by atoms with Crippen molar-refractivity contribution in [3.05, 3.63) is 34.9 Å². The quantitative estimate of drug-likeness (QED) is 0.905. The zero-order valence-electron chi connectivity index (χ0n) is 11.9. The number of furan rings is 1. The molecule has 1 aliphatic rings. The van der Waals surface area contributed by atoms with Crippen molar-refractivity contribution < 1.29 is 9.15 Å². The van der Waals surface area contributed by atoms with Gasteiger partial charge in [0, 0.05) is 11.3 Å². The second-order valence-electron chi connectivity index (χ2n) is 5.17. The Hall–Kier alpha value is -2.55. The minimum Gasteiger partial charge on any atom is -0.466 e. The number of hydrogen-bond donors (Lipinski definition) is 2. The number of nitriles is 1. The monoisotopic (exact) mass is 284 g/mol. The Labute approximate surface area is 122 Å². The van der Waals surface area contributed by atoms with Crippen LogP contribution in [-0.4, -0.2) is 16.1 Å². The molecular formula is C15H16N4O2. The number of rotatable bonds is 3. The van der Waals surface area contributed by atoms with Crippen molar-refractivity contribution in [2.45, 2.75) is 32.6 Å². The first-order chi connectivity index (χ1) is 10.2. The largest absolute Gasteiger partial charge is 0.466 e. The summed E-state index contributed by atoms with van der Waals surface area (Å²) in [6.07, 6.45) is 1.76. The maximum Gasteiger partial charge on any atom is 0.243 e. The van der Waals surface area contributed by atoms with Crippen LogP contribution in [0.25, 0.3) is 0 Å². The number of aromatic nitrogens is 2. The van der Waals surface area contributed by atoms with Crippen molar-refractivity contribution in [2.24, 2.45) is 5.92 Å². The zero-order chi connectivity index (χ0) is 15.0. The molecule has 108 valence electrons. The van der Waals surface area contributed by atoms with Gasteiger partial charge in [0.05, 0.1) is 12.0 Å². The van der Waals surface area contributed by atoms with E-state index in [1.165, 1.54) is 0 Å². The summed E-state index contributed by atoms with van der Waals surface area (Å²) in [5, 5.41) is 24.5. The first-order valence-electron chi connectivity index (χ1n) is 6.95. The van der Waals surface area contributed by atoms with E-state index in [1.54, 1.807) is 0 Å². The van der Waals surface area contributed by atoms with E-state index in [0.717, 1.165) is 29.9 Å². The number of nitrogens with one attached hydrogen (secondary N) is 2. The molecule has 2 atom stereocenters. The Kier molecular flexibility index (Phi) is 3.26. The first-order valence-corrected chi connectivity index (χ1v) is 6.95. The van der Waals surface area contributed by atoms with E-state index in [4.69, 9.17) is 14.6 Å². The van der Waals surface area contributed by atoms with Gasteiger partial charge in [-0.1, -0.05) is 13.3 Å². The smallest absolute Gasteiger partial charge is 0.243 e. The van der Waals surface area contributed by atoms with Gasteiger partial charge in [0.1, 0.15) is 17.4 Å². The van der Waals surface area contributed by atoms with Gasteiger partial charge in [0.2, 0.25) is 11.8 Å². The molecule has 6 heteroatoms. The number of nitrogens with zero attached hydrogens (tertiary/aromatic N) is 2. The van der Waals surface area contributed by atoms with Crippen LogP contribution >= 0.6 is 0 Å². The van der Waals surface area contributed by atoms with E-state index in [0.29, 0.717) is 11.6 Å². The predicted molar refractivity (Wildman–Crippen MR) is 75.3 cm³/mol. The molecule has 0 bridgehead atoms. The van der Waals surface area contributed by atoms with Gasteiger partial charge in [0.15, 0.2) is 0 Å². The zero-order valence-corrected chi connectivity index (χ0v) is 11.9. The molecular weight excluding hydrogens is 268 g/mol. The summed E-state index contributed by atoms with van der Waals surface area (Å²) in [5.41, 5.74) is 1.79. The standard InChI is InChI=1S/C15H16N4O2/c1-3-4-10-13-12(11-6-5-8(2)20-11)9(7-16)14(17)21-15(13)19-18-10/h5-6,9,12,17H,3-4H2,1-2H3,(H,18,19). The Morgan fingerprint density at radius 3 is 2.90 bits per heavy atom. The average molecular weight is 284 g/mol. The molecule has 0 saturated heterocycles. The van der Waals surface area contributed by atoms with Gasteiger partial charge < -0.3 is 9.15 Å². The summed E-state index contributed by atoms with van der Waals surface area (Å²) in [6.45, 7) is 3.94. The highest BCUT2D eigenvalue weighted by atomic mass is 16.5. The molecule has 0 amide bonds. The molecule has 0 radical (unpaired) electrons. The Bertz CT molecular complexity index is 722. The predicted octanol–water partition coefficient (Wildman–Crippen LogP) is 2.90. The first kappa shape index (κ1) is 13.4. The minimum absolute atomic E-state index is 0.0846. The fourth-order valence-electron chi connectivity index (χ4n) is 2.75. The highest BCUT2D eigenvalue weighted by molar-refractivity contribution is 5.84. The Balaban J connectivity index is 2.16. The normalized spacial score (nSPS) is 20.7. The summed E-state index contributed by atoms with van der Waals surface area (Å²) in [7, 11) is 0. The van der Waals surface area contributed by atoms with Crippen LogP contribution in [0, 0.1) is 29.6 Å². The van der Waals surface area contributed by atoms with Crippen molar-refractivity contribution >= 4 is 5.90 Å². The molecule has 0 spiro atoms. The summed E-state index contributed by atoms with van der Waals surface area (Å²) >= 11 is 0. The van der Waals surface area contributed by atoms with Crippen LogP contribution in [0.15, 0.2) is 16.5 Å². The third kappa shape index (κ3) is 2.11. The van der Waals surface area contributed by atoms with Crippen molar-refractivity contribution in [2.75, 3.05) is 0 Å². The highest BCUT2D eigenvalue weighted by Crippen LogP contribution is 2.43. The molecule has 2 aromatic rings. The van der Waals surface area contributed by atoms with Gasteiger partial charge in [-0.3, -0.25) is 10.5 Å². The van der Waals surface area contributed by atoms with Crippen LogP contribution in [0.1, 0.15) is 42.0 Å². The molecule has 2 aromatic heterocycles. The van der Waals surface area contributed by atoms with Gasteiger partial charge >= 0.3 is 0 Å². The lowest BCUT2D eigenvalue weighted by Crippen LogP contribution is -2.31. The van der Waals surface area contributed by atoms with Gasteiger partial charge in [-0.2, -0.15) is 5.26 Å². The number of aryl methyl sites for hydroxylation is 2. The third-order valence-electron chi connectivity index (χ3n) is 3.69. The third-order valence-corrected chi connectivity index (χ3v) is 3.69. The summed E-state index contributed by atoms with van der Waals surface area (Å²) in [4.78, 5) is 0. The lowest BCUT2D eigenvalue weighted by atomic mass is 9.82. The fourth-order valence-corrected chi connectivity index (χ4v) is 2.75. The summed E-state index contributed by atoms with van der Waals surface area (Å²) in [6, 6.07) is 5.88. The van der Waals surface area contributed by atoms with Gasteiger partial charge in [-0.15, -0.1) is 5.10 Å². The molecule has 0 aromatic carbocycles. The van der Waals surface area contributed by atoms with Gasteiger partial charge in [-0.25, -0.2) is 0 Å². The van der Waals surface area contributed by atoms with Crippen LogP contribution in [0.5, 0.6) is 5.88 Å². The van der Waals surface area contributed by atoms with Crippen LogP contribution in [0.4, 0.5) is 0 Å². The van der Waals surface area contributed by atoms with Crippen LogP contribution in [-0.2, 0) is 6.42 Å². The van der Waals surface area contributed by atoms with E-state index in [9.17, 15) is 5.26 Å². The fraction of sp³-hybridized carbons (Fsp3) is 0.400. The molecule has 6 nitrogen and oxygen atoms in total. The number of hydrogen-bond acceptors (Lipinski definition) is 5. The van der Waals surface area contributed by atoms with Crippen molar-refractivity contribution in [1.29, 1.82) is 10.7 Å². The molecule has 21 heavy (non-hydrogen) atoms.